The van der Waals surface area contributed by atoms with Crippen molar-refractivity contribution in [1.82, 2.24) is 0 Å². The minimum absolute atomic E-state index is 0.0527. The molecule has 69 heavy (non-hydrogen) atoms. The van der Waals surface area contributed by atoms with Crippen LogP contribution in [0.4, 0.5) is 11.4 Å². The van der Waals surface area contributed by atoms with E-state index in [-0.39, 0.29) is 11.5 Å². The Morgan fingerprint density at radius 2 is 1.09 bits per heavy atom. The molecular weight excluding hydrogens is 839 g/mol. The summed E-state index contributed by atoms with van der Waals surface area (Å²) in [5.41, 5.74) is 18.7. The Kier molecular flexibility index (Phi) is 7.89. The van der Waals surface area contributed by atoms with E-state index in [1.54, 1.807) is 0 Å². The van der Waals surface area contributed by atoms with Crippen LogP contribution in [0, 0.1) is 0 Å². The normalized spacial score (nSPS) is 16.6. The first-order valence-corrected chi connectivity index (χ1v) is 24.3. The highest BCUT2D eigenvalue weighted by Gasteiger charge is 2.54. The number of hydrogen-bond acceptors (Lipinski definition) is 3. The topological polar surface area (TPSA) is 25.6 Å². The molecule has 0 amide bonds. The van der Waals surface area contributed by atoms with Crippen LogP contribution in [-0.2, 0) is 10.8 Å². The first-order valence-electron chi connectivity index (χ1n) is 24.3. The minimum atomic E-state index is -0.642. The van der Waals surface area contributed by atoms with Crippen molar-refractivity contribution in [3.05, 3.63) is 257 Å². The molecule has 1 aromatic heterocycles. The van der Waals surface area contributed by atoms with Crippen molar-refractivity contribution in [2.75, 3.05) is 4.90 Å². The Morgan fingerprint density at radius 1 is 0.478 bits per heavy atom. The SMILES string of the molecule is CC1(C)c2ccccc2-c2c(N(c3ccc(-c4ccc5oc6ccccc6c5c4)cc3)C3CC=CC4=C3c3ccccc3C43c4ccc5ccccc5c4Oc4c3ccc3ccccc43)cccc21. The third-order valence-corrected chi connectivity index (χ3v) is 16.1. The fraction of sp³-hybridized carbons (Fsp3) is 0.0909. The van der Waals surface area contributed by atoms with E-state index in [2.05, 4.69) is 225 Å². The van der Waals surface area contributed by atoms with Gasteiger partial charge in [-0.1, -0.05) is 196 Å². The number of furan rings is 1. The van der Waals surface area contributed by atoms with Crippen molar-refractivity contribution >= 4 is 60.4 Å². The van der Waals surface area contributed by atoms with Crippen molar-refractivity contribution in [2.45, 2.75) is 37.1 Å². The van der Waals surface area contributed by atoms with Crippen LogP contribution < -0.4 is 9.64 Å². The summed E-state index contributed by atoms with van der Waals surface area (Å²) in [5, 5.41) is 6.85. The Labute approximate surface area is 400 Å². The fourth-order valence-corrected chi connectivity index (χ4v) is 13.0. The molecule has 10 aromatic carbocycles. The molecule has 0 N–H and O–H groups in total. The summed E-state index contributed by atoms with van der Waals surface area (Å²) < 4.78 is 13.6. The van der Waals surface area contributed by atoms with Gasteiger partial charge in [0, 0.05) is 55.0 Å². The van der Waals surface area contributed by atoms with E-state index in [0.29, 0.717) is 0 Å². The summed E-state index contributed by atoms with van der Waals surface area (Å²) in [5.74, 6) is 1.87. The van der Waals surface area contributed by atoms with Crippen molar-refractivity contribution < 1.29 is 9.15 Å². The van der Waals surface area contributed by atoms with E-state index in [1.165, 1.54) is 77.7 Å². The number of fused-ring (bicyclic) bond motifs is 18. The van der Waals surface area contributed by atoms with Gasteiger partial charge < -0.3 is 14.1 Å². The highest BCUT2D eigenvalue weighted by Crippen LogP contribution is 2.65. The Balaban J connectivity index is 0.991. The van der Waals surface area contributed by atoms with Gasteiger partial charge in [-0.2, -0.15) is 0 Å². The Hall–Kier alpha value is -8.40. The van der Waals surface area contributed by atoms with Gasteiger partial charge in [0.15, 0.2) is 0 Å². The molecule has 3 heteroatoms. The maximum atomic E-state index is 7.33. The van der Waals surface area contributed by atoms with Crippen molar-refractivity contribution in [2.24, 2.45) is 0 Å². The first-order chi connectivity index (χ1) is 34.0. The molecule has 1 aliphatic heterocycles. The summed E-state index contributed by atoms with van der Waals surface area (Å²) in [7, 11) is 0. The van der Waals surface area contributed by atoms with E-state index in [0.717, 1.165) is 61.9 Å². The number of rotatable bonds is 4. The number of hydrogen-bond donors (Lipinski definition) is 0. The Morgan fingerprint density at radius 3 is 1.84 bits per heavy atom. The van der Waals surface area contributed by atoms with Crippen molar-refractivity contribution in [3.63, 3.8) is 0 Å². The second kappa shape index (κ2) is 14.1. The van der Waals surface area contributed by atoms with Gasteiger partial charge >= 0.3 is 0 Å². The van der Waals surface area contributed by atoms with Crippen LogP contribution in [-0.4, -0.2) is 6.04 Å². The van der Waals surface area contributed by atoms with Crippen LogP contribution in [0.3, 0.4) is 0 Å². The molecule has 1 atom stereocenters. The predicted molar refractivity (Wildman–Crippen MR) is 284 cm³/mol. The lowest BCUT2D eigenvalue weighted by atomic mass is 9.64. The highest BCUT2D eigenvalue weighted by atomic mass is 16.5. The van der Waals surface area contributed by atoms with Crippen LogP contribution >= 0.6 is 0 Å². The largest absolute Gasteiger partial charge is 0.456 e. The van der Waals surface area contributed by atoms with Crippen molar-refractivity contribution in [3.8, 4) is 33.8 Å². The molecule has 0 fully saturated rings. The maximum absolute atomic E-state index is 7.33. The summed E-state index contributed by atoms with van der Waals surface area (Å²) in [6.07, 6.45) is 5.73. The molecule has 2 heterocycles. The number of anilines is 2. The van der Waals surface area contributed by atoms with Crippen LogP contribution in [0.2, 0.25) is 0 Å². The summed E-state index contributed by atoms with van der Waals surface area (Å²) in [4.78, 5) is 2.68. The van der Waals surface area contributed by atoms with Crippen molar-refractivity contribution in [1.29, 1.82) is 0 Å². The first kappa shape index (κ1) is 38.7. The summed E-state index contributed by atoms with van der Waals surface area (Å²) in [6, 6.07) is 76.2. The molecule has 0 saturated carbocycles. The Bertz CT molecular complexity index is 3980. The molecule has 4 aliphatic rings. The molecule has 11 aromatic rings. The summed E-state index contributed by atoms with van der Waals surface area (Å²) in [6.45, 7) is 4.77. The van der Waals surface area contributed by atoms with Gasteiger partial charge in [0.2, 0.25) is 0 Å². The lowest BCUT2D eigenvalue weighted by molar-refractivity contribution is 0.446. The monoisotopic (exact) mass is 883 g/mol. The average molecular weight is 884 g/mol. The molecule has 3 nitrogen and oxygen atoms in total. The number of ether oxygens (including phenoxy) is 1. The zero-order valence-corrected chi connectivity index (χ0v) is 38.3. The fourth-order valence-electron chi connectivity index (χ4n) is 13.0. The number of para-hydroxylation sites is 1. The van der Waals surface area contributed by atoms with E-state index in [9.17, 15) is 0 Å². The molecule has 1 unspecified atom stereocenters. The lowest BCUT2D eigenvalue weighted by Crippen LogP contribution is -2.36. The molecule has 15 rings (SSSR count). The van der Waals surface area contributed by atoms with Crippen LogP contribution in [0.5, 0.6) is 11.5 Å². The molecular formula is C66H45NO2. The molecule has 3 aliphatic carbocycles. The molecule has 326 valence electrons. The highest BCUT2D eigenvalue weighted by molar-refractivity contribution is 6.07. The quantitative estimate of drug-likeness (QED) is 0.176. The van der Waals surface area contributed by atoms with Crippen LogP contribution in [0.25, 0.3) is 71.3 Å². The number of allylic oxidation sites excluding steroid dienone is 2. The second-order valence-electron chi connectivity index (χ2n) is 19.8. The number of benzene rings is 10. The number of nitrogens with zero attached hydrogens (tertiary/aromatic N) is 1. The van der Waals surface area contributed by atoms with Gasteiger partial charge in [-0.05, 0) is 104 Å². The van der Waals surface area contributed by atoms with E-state index < -0.39 is 5.41 Å². The maximum Gasteiger partial charge on any atom is 0.140 e. The van der Waals surface area contributed by atoms with Crippen LogP contribution in [0.15, 0.2) is 228 Å². The second-order valence-corrected chi connectivity index (χ2v) is 19.8. The summed E-state index contributed by atoms with van der Waals surface area (Å²) >= 11 is 0. The standard InChI is InChI=1S/C66H45NO2/c1-65(2)51-22-10-7-20-48(51)61-53(65)24-13-26-57(61)67(44-34-29-40(30-35-44)43-33-38-60-50(39-43)47-19-9-12-28-59(47)68-60)58-27-14-25-54-62(58)49-21-8-11-23-52(49)66(54)55-36-31-41-15-3-5-17-45(41)63(55)69-64-46-18-6-4-16-42(46)32-37-56(64)66/h3-26,28-39,58H,27H2,1-2H3. The van der Waals surface area contributed by atoms with Gasteiger partial charge in [0.25, 0.3) is 0 Å². The zero-order valence-electron chi connectivity index (χ0n) is 38.3. The zero-order chi connectivity index (χ0) is 45.6. The third kappa shape index (κ3) is 5.17. The van der Waals surface area contributed by atoms with E-state index >= 15 is 0 Å². The van der Waals surface area contributed by atoms with Gasteiger partial charge in [0.05, 0.1) is 11.5 Å². The lowest BCUT2D eigenvalue weighted by Gasteiger charge is -2.42. The van der Waals surface area contributed by atoms with E-state index in [1.807, 2.05) is 12.1 Å². The molecule has 1 spiro atoms. The average Bonchev–Trinajstić information content (AvgIpc) is 4.01. The predicted octanol–water partition coefficient (Wildman–Crippen LogP) is 17.2. The van der Waals surface area contributed by atoms with Gasteiger partial charge in [-0.25, -0.2) is 0 Å². The minimum Gasteiger partial charge on any atom is -0.456 e. The molecule has 0 radical (unpaired) electrons. The van der Waals surface area contributed by atoms with Gasteiger partial charge in [0.1, 0.15) is 22.7 Å². The smallest absolute Gasteiger partial charge is 0.140 e. The van der Waals surface area contributed by atoms with Gasteiger partial charge in [-0.3, -0.25) is 0 Å². The third-order valence-electron chi connectivity index (χ3n) is 16.1. The van der Waals surface area contributed by atoms with E-state index in [4.69, 9.17) is 9.15 Å². The molecule has 0 saturated heterocycles. The van der Waals surface area contributed by atoms with Crippen LogP contribution in [0.1, 0.15) is 53.6 Å². The van der Waals surface area contributed by atoms with Gasteiger partial charge in [-0.15, -0.1) is 0 Å². The molecule has 0 bridgehead atoms.